The van der Waals surface area contributed by atoms with E-state index in [9.17, 15) is 14.4 Å². The second kappa shape index (κ2) is 19.5. The number of amides is 1. The molecule has 1 unspecified atom stereocenters. The minimum absolute atomic E-state index is 0.0457. The van der Waals surface area contributed by atoms with Crippen LogP contribution in [-0.2, 0) is 19.1 Å². The number of ether oxygens (including phenoxy) is 1. The molecule has 0 aliphatic heterocycles. The summed E-state index contributed by atoms with van der Waals surface area (Å²) in [4.78, 5) is 47.6. The number of rotatable bonds is 21. The molecule has 0 rings (SSSR count). The van der Waals surface area contributed by atoms with E-state index < -0.39 is 6.04 Å². The first-order valence-electron chi connectivity index (χ1n) is 13.6. The van der Waals surface area contributed by atoms with Crippen molar-refractivity contribution in [1.82, 2.24) is 29.8 Å². The number of nitrogens with zero attached hydrogens (tertiary/aromatic N) is 5. The SMILES string of the molecule is CC(C)NC(CC(=O)C(C)C)C(=O)N(C)CCN(C)CCN(C)CCC(=O)OCCN(C)CCN(C)C. The Morgan fingerprint density at radius 2 is 1.22 bits per heavy atom. The molecular formula is C27H56N6O4. The van der Waals surface area contributed by atoms with Gasteiger partial charge in [-0.15, -0.1) is 0 Å². The molecule has 0 saturated carbocycles. The predicted octanol–water partition coefficient (Wildman–Crippen LogP) is 0.717. The third kappa shape index (κ3) is 18.3. The Morgan fingerprint density at radius 3 is 1.76 bits per heavy atom. The molecular weight excluding hydrogens is 472 g/mol. The van der Waals surface area contributed by atoms with Gasteiger partial charge in [-0.05, 0) is 35.2 Å². The molecule has 1 amide bonds. The van der Waals surface area contributed by atoms with E-state index in [1.54, 1.807) is 11.9 Å². The quantitative estimate of drug-likeness (QED) is 0.217. The largest absolute Gasteiger partial charge is 0.464 e. The van der Waals surface area contributed by atoms with Gasteiger partial charge in [0.25, 0.3) is 0 Å². The van der Waals surface area contributed by atoms with Crippen LogP contribution in [0.3, 0.4) is 0 Å². The zero-order valence-corrected chi connectivity index (χ0v) is 25.4. The minimum Gasteiger partial charge on any atom is -0.464 e. The summed E-state index contributed by atoms with van der Waals surface area (Å²) in [6.07, 6.45) is 0.591. The maximum Gasteiger partial charge on any atom is 0.307 e. The lowest BCUT2D eigenvalue weighted by Crippen LogP contribution is -2.50. The van der Waals surface area contributed by atoms with Crippen molar-refractivity contribution in [3.8, 4) is 0 Å². The first-order chi connectivity index (χ1) is 17.2. The highest BCUT2D eigenvalue weighted by Gasteiger charge is 2.26. The van der Waals surface area contributed by atoms with Gasteiger partial charge in [0.1, 0.15) is 12.4 Å². The standard InChI is InChI=1S/C27H56N6O4/c1-22(2)25(34)21-24(28-23(3)4)27(36)33(10)18-17-31(8)16-15-30(7)12-11-26(35)37-20-19-32(9)14-13-29(5)6/h22-24,28H,11-21H2,1-10H3. The molecule has 37 heavy (non-hydrogen) atoms. The van der Waals surface area contributed by atoms with Crippen LogP contribution in [0.1, 0.15) is 40.5 Å². The van der Waals surface area contributed by atoms with Gasteiger partial charge in [-0.1, -0.05) is 27.7 Å². The van der Waals surface area contributed by atoms with Crippen LogP contribution in [0.4, 0.5) is 0 Å². The molecule has 0 fully saturated rings. The molecule has 10 heteroatoms. The van der Waals surface area contributed by atoms with Crippen molar-refractivity contribution in [2.45, 2.75) is 52.6 Å². The minimum atomic E-state index is -0.491. The summed E-state index contributed by atoms with van der Waals surface area (Å²) in [5.74, 6) is -0.201. The van der Waals surface area contributed by atoms with Crippen LogP contribution in [0.5, 0.6) is 0 Å². The molecule has 1 N–H and O–H groups in total. The molecule has 0 bridgehead atoms. The van der Waals surface area contributed by atoms with Crippen LogP contribution >= 0.6 is 0 Å². The van der Waals surface area contributed by atoms with E-state index in [0.717, 1.165) is 39.3 Å². The number of nitrogens with one attached hydrogen (secondary N) is 1. The Kier molecular flexibility index (Phi) is 18.6. The molecule has 0 aliphatic rings. The van der Waals surface area contributed by atoms with E-state index in [1.807, 2.05) is 62.9 Å². The van der Waals surface area contributed by atoms with Crippen molar-refractivity contribution in [3.05, 3.63) is 0 Å². The van der Waals surface area contributed by atoms with Gasteiger partial charge < -0.3 is 34.6 Å². The summed E-state index contributed by atoms with van der Waals surface area (Å²) in [6.45, 7) is 14.4. The first kappa shape index (κ1) is 35.4. The lowest BCUT2D eigenvalue weighted by molar-refractivity contribution is -0.144. The van der Waals surface area contributed by atoms with Crippen LogP contribution in [0.2, 0.25) is 0 Å². The number of hydrogen-bond acceptors (Lipinski definition) is 9. The van der Waals surface area contributed by atoms with Crippen molar-refractivity contribution >= 4 is 17.7 Å². The number of likely N-dealkylation sites (N-methyl/N-ethyl adjacent to an activating group) is 5. The fraction of sp³-hybridized carbons (Fsp3) is 0.889. The molecule has 0 radical (unpaired) electrons. The average molecular weight is 529 g/mol. The second-order valence-corrected chi connectivity index (χ2v) is 11.1. The molecule has 10 nitrogen and oxygen atoms in total. The lowest BCUT2D eigenvalue weighted by atomic mass is 10.00. The molecule has 0 saturated heterocycles. The van der Waals surface area contributed by atoms with E-state index in [2.05, 4.69) is 24.9 Å². The summed E-state index contributed by atoms with van der Waals surface area (Å²) in [6, 6.07) is -0.373. The summed E-state index contributed by atoms with van der Waals surface area (Å²) < 4.78 is 5.37. The van der Waals surface area contributed by atoms with E-state index in [1.165, 1.54) is 0 Å². The normalized spacial score (nSPS) is 12.9. The summed E-state index contributed by atoms with van der Waals surface area (Å²) in [5, 5.41) is 3.25. The smallest absolute Gasteiger partial charge is 0.307 e. The number of carbonyl (C=O) groups excluding carboxylic acids is 3. The van der Waals surface area contributed by atoms with Crippen molar-refractivity contribution < 1.29 is 19.1 Å². The van der Waals surface area contributed by atoms with E-state index in [4.69, 9.17) is 4.74 Å². The fourth-order valence-corrected chi connectivity index (χ4v) is 3.47. The maximum atomic E-state index is 13.0. The zero-order chi connectivity index (χ0) is 28.5. The van der Waals surface area contributed by atoms with Gasteiger partial charge in [0.2, 0.25) is 5.91 Å². The van der Waals surface area contributed by atoms with Gasteiger partial charge >= 0.3 is 5.97 Å². The highest BCUT2D eigenvalue weighted by molar-refractivity contribution is 5.89. The van der Waals surface area contributed by atoms with Crippen molar-refractivity contribution in [2.75, 3.05) is 101 Å². The van der Waals surface area contributed by atoms with E-state index >= 15 is 0 Å². The van der Waals surface area contributed by atoms with Gasteiger partial charge in [-0.3, -0.25) is 14.4 Å². The third-order valence-corrected chi connectivity index (χ3v) is 6.30. The number of hydrogen-bond donors (Lipinski definition) is 1. The Bertz CT molecular complexity index is 659. The van der Waals surface area contributed by atoms with Gasteiger partial charge in [-0.2, -0.15) is 0 Å². The van der Waals surface area contributed by atoms with Crippen molar-refractivity contribution in [2.24, 2.45) is 5.92 Å². The summed E-state index contributed by atoms with van der Waals surface area (Å²) in [7, 11) is 11.9. The van der Waals surface area contributed by atoms with E-state index in [0.29, 0.717) is 26.1 Å². The molecule has 0 aliphatic carbocycles. The maximum absolute atomic E-state index is 13.0. The fourth-order valence-electron chi connectivity index (χ4n) is 3.47. The number of Topliss-reactive ketones (excluding diaryl/α,β-unsaturated/α-hetero) is 1. The number of ketones is 1. The molecule has 0 spiro atoms. The average Bonchev–Trinajstić information content (AvgIpc) is 2.81. The van der Waals surface area contributed by atoms with Crippen LogP contribution in [0.15, 0.2) is 0 Å². The Hall–Kier alpha value is -1.59. The Morgan fingerprint density at radius 1 is 0.703 bits per heavy atom. The molecule has 0 aromatic carbocycles. The molecule has 218 valence electrons. The third-order valence-electron chi connectivity index (χ3n) is 6.30. The Labute approximate surface area is 226 Å². The number of carbonyl (C=O) groups is 3. The predicted molar refractivity (Wildman–Crippen MR) is 151 cm³/mol. The second-order valence-electron chi connectivity index (χ2n) is 11.1. The van der Waals surface area contributed by atoms with Crippen LogP contribution in [0, 0.1) is 5.92 Å². The summed E-state index contributed by atoms with van der Waals surface area (Å²) >= 11 is 0. The van der Waals surface area contributed by atoms with Gasteiger partial charge in [0, 0.05) is 77.8 Å². The van der Waals surface area contributed by atoms with Crippen LogP contribution in [0.25, 0.3) is 0 Å². The molecule has 1 atom stereocenters. The summed E-state index contributed by atoms with van der Waals surface area (Å²) in [5.41, 5.74) is 0. The highest BCUT2D eigenvalue weighted by Crippen LogP contribution is 2.07. The van der Waals surface area contributed by atoms with Gasteiger partial charge in [-0.25, -0.2) is 0 Å². The van der Waals surface area contributed by atoms with Crippen LogP contribution in [-0.4, -0.2) is 155 Å². The Balaban J connectivity index is 4.26. The zero-order valence-electron chi connectivity index (χ0n) is 25.4. The molecule has 0 aromatic heterocycles. The number of esters is 1. The topological polar surface area (TPSA) is 88.7 Å². The van der Waals surface area contributed by atoms with Crippen molar-refractivity contribution in [3.63, 3.8) is 0 Å². The lowest BCUT2D eigenvalue weighted by Gasteiger charge is -2.28. The highest BCUT2D eigenvalue weighted by atomic mass is 16.5. The van der Waals surface area contributed by atoms with Crippen molar-refractivity contribution in [1.29, 1.82) is 0 Å². The molecule has 0 heterocycles. The van der Waals surface area contributed by atoms with Gasteiger partial charge in [0.05, 0.1) is 12.5 Å². The van der Waals surface area contributed by atoms with E-state index in [-0.39, 0.29) is 36.0 Å². The van der Waals surface area contributed by atoms with Crippen LogP contribution < -0.4 is 5.32 Å². The first-order valence-corrected chi connectivity index (χ1v) is 13.6. The van der Waals surface area contributed by atoms with Gasteiger partial charge in [0.15, 0.2) is 0 Å². The monoisotopic (exact) mass is 528 g/mol. The molecule has 0 aromatic rings.